The van der Waals surface area contributed by atoms with Crippen LogP contribution in [-0.4, -0.2) is 27.4 Å². The van der Waals surface area contributed by atoms with Crippen molar-refractivity contribution in [3.05, 3.63) is 88.0 Å². The van der Waals surface area contributed by atoms with Gasteiger partial charge in [-0.3, -0.25) is 0 Å². The predicted molar refractivity (Wildman–Crippen MR) is 134 cm³/mol. The standard InChI is InChI=1S/C29H30F6O4/c1-5-18-14-23(19-9-7-6-8-10-19)24(27(30,38)28(31,32)29(33,34)35)25(17(18)2)39-26(3,4)22-12-11-20(15-36)21(13-22)16-37/h6-14,36-38H,5,15-16H2,1-4H3. The van der Waals surface area contributed by atoms with Crippen molar-refractivity contribution in [2.45, 2.75) is 70.9 Å². The van der Waals surface area contributed by atoms with E-state index in [0.29, 0.717) is 28.7 Å². The van der Waals surface area contributed by atoms with Gasteiger partial charge < -0.3 is 20.1 Å². The lowest BCUT2D eigenvalue weighted by molar-refractivity contribution is -0.379. The molecule has 0 bridgehead atoms. The molecule has 3 N–H and O–H groups in total. The molecule has 0 amide bonds. The smallest absolute Gasteiger partial charge is 0.459 e. The monoisotopic (exact) mass is 556 g/mol. The van der Waals surface area contributed by atoms with Crippen LogP contribution in [-0.2, 0) is 31.1 Å². The van der Waals surface area contributed by atoms with Gasteiger partial charge in [-0.05, 0) is 72.2 Å². The second-order valence-corrected chi connectivity index (χ2v) is 9.74. The third-order valence-corrected chi connectivity index (χ3v) is 6.81. The van der Waals surface area contributed by atoms with Crippen molar-refractivity contribution in [3.8, 4) is 16.9 Å². The quantitative estimate of drug-likeness (QED) is 0.253. The van der Waals surface area contributed by atoms with Crippen molar-refractivity contribution in [3.63, 3.8) is 0 Å². The van der Waals surface area contributed by atoms with E-state index >= 15 is 4.39 Å². The van der Waals surface area contributed by atoms with E-state index in [4.69, 9.17) is 4.74 Å². The van der Waals surface area contributed by atoms with Gasteiger partial charge in [-0.15, -0.1) is 0 Å². The summed E-state index contributed by atoms with van der Waals surface area (Å²) in [6.45, 7) is 5.24. The SMILES string of the molecule is CCc1cc(-c2ccccc2)c(C(O)(F)C(F)(F)C(F)(F)F)c(OC(C)(C)c2ccc(CO)c(CO)c2)c1C. The first-order valence-corrected chi connectivity index (χ1v) is 12.1. The first-order valence-electron chi connectivity index (χ1n) is 12.1. The van der Waals surface area contributed by atoms with Crippen LogP contribution in [0.5, 0.6) is 5.75 Å². The number of aliphatic hydroxyl groups excluding tert-OH is 2. The van der Waals surface area contributed by atoms with Gasteiger partial charge >= 0.3 is 18.0 Å². The molecule has 0 saturated carbocycles. The molecule has 0 saturated heterocycles. The van der Waals surface area contributed by atoms with Crippen molar-refractivity contribution in [1.29, 1.82) is 0 Å². The topological polar surface area (TPSA) is 69.9 Å². The Morgan fingerprint density at radius 2 is 1.38 bits per heavy atom. The Morgan fingerprint density at radius 3 is 1.90 bits per heavy atom. The lowest BCUT2D eigenvalue weighted by atomic mass is 9.85. The first-order chi connectivity index (χ1) is 18.0. The third kappa shape index (κ3) is 5.50. The van der Waals surface area contributed by atoms with Crippen LogP contribution in [0.1, 0.15) is 54.2 Å². The molecule has 0 spiro atoms. The predicted octanol–water partition coefficient (Wildman–Crippen LogP) is 6.84. The average molecular weight is 557 g/mol. The molecular formula is C29H30F6O4. The molecule has 4 nitrogen and oxygen atoms in total. The number of hydrogen-bond acceptors (Lipinski definition) is 4. The Bertz CT molecular complexity index is 1320. The van der Waals surface area contributed by atoms with E-state index in [2.05, 4.69) is 0 Å². The van der Waals surface area contributed by atoms with Gasteiger partial charge in [-0.25, -0.2) is 0 Å². The van der Waals surface area contributed by atoms with Crippen LogP contribution in [0, 0.1) is 6.92 Å². The zero-order valence-electron chi connectivity index (χ0n) is 21.8. The Labute approximate surface area is 222 Å². The van der Waals surface area contributed by atoms with Crippen LogP contribution >= 0.6 is 0 Å². The molecule has 1 unspecified atom stereocenters. The van der Waals surface area contributed by atoms with Crippen molar-refractivity contribution in [2.24, 2.45) is 0 Å². The van der Waals surface area contributed by atoms with Crippen LogP contribution < -0.4 is 4.74 Å². The Kier molecular flexibility index (Phi) is 8.46. The van der Waals surface area contributed by atoms with E-state index in [0.717, 1.165) is 0 Å². The minimum absolute atomic E-state index is 0.0728. The van der Waals surface area contributed by atoms with Crippen molar-refractivity contribution >= 4 is 0 Å². The van der Waals surface area contributed by atoms with E-state index in [1.54, 1.807) is 13.0 Å². The summed E-state index contributed by atoms with van der Waals surface area (Å²) in [7, 11) is 0. The molecular weight excluding hydrogens is 526 g/mol. The summed E-state index contributed by atoms with van der Waals surface area (Å²) in [5.41, 5.74) is -1.49. The highest BCUT2D eigenvalue weighted by Crippen LogP contribution is 2.55. The maximum atomic E-state index is 15.9. The summed E-state index contributed by atoms with van der Waals surface area (Å²) in [6, 6.07) is 13.1. The van der Waals surface area contributed by atoms with Crippen LogP contribution in [0.4, 0.5) is 26.3 Å². The number of hydrogen-bond donors (Lipinski definition) is 3. The second-order valence-electron chi connectivity index (χ2n) is 9.74. The fraction of sp³-hybridized carbons (Fsp3) is 0.379. The molecule has 0 radical (unpaired) electrons. The maximum absolute atomic E-state index is 15.9. The molecule has 39 heavy (non-hydrogen) atoms. The van der Waals surface area contributed by atoms with Gasteiger partial charge in [0.2, 0.25) is 0 Å². The zero-order chi connectivity index (χ0) is 29.4. The minimum atomic E-state index is -6.43. The summed E-state index contributed by atoms with van der Waals surface area (Å²) < 4.78 is 91.6. The van der Waals surface area contributed by atoms with E-state index in [1.807, 2.05) is 0 Å². The molecule has 0 aliphatic rings. The number of aryl methyl sites for hydroxylation is 1. The van der Waals surface area contributed by atoms with E-state index in [9.17, 15) is 37.3 Å². The summed E-state index contributed by atoms with van der Waals surface area (Å²) in [6.07, 6.45) is -6.13. The summed E-state index contributed by atoms with van der Waals surface area (Å²) in [4.78, 5) is 0. The zero-order valence-corrected chi connectivity index (χ0v) is 21.8. The number of rotatable bonds is 9. The highest BCUT2D eigenvalue weighted by molar-refractivity contribution is 5.74. The highest BCUT2D eigenvalue weighted by Gasteiger charge is 2.73. The van der Waals surface area contributed by atoms with Gasteiger partial charge in [0.15, 0.2) is 0 Å². The minimum Gasteiger partial charge on any atom is -0.482 e. The van der Waals surface area contributed by atoms with E-state index < -0.39 is 41.5 Å². The molecule has 10 heteroatoms. The first kappa shape index (κ1) is 30.5. The lowest BCUT2D eigenvalue weighted by Gasteiger charge is -2.36. The molecule has 1 atom stereocenters. The molecule has 0 aliphatic heterocycles. The number of aliphatic hydroxyl groups is 3. The summed E-state index contributed by atoms with van der Waals surface area (Å²) in [5, 5.41) is 29.7. The number of alkyl halides is 6. The van der Waals surface area contributed by atoms with Gasteiger partial charge in [-0.1, -0.05) is 55.5 Å². The second kappa shape index (κ2) is 10.8. The Hall–Kier alpha value is -3.08. The molecule has 0 aromatic heterocycles. The van der Waals surface area contributed by atoms with Gasteiger partial charge in [0.1, 0.15) is 11.4 Å². The lowest BCUT2D eigenvalue weighted by Crippen LogP contribution is -2.53. The van der Waals surface area contributed by atoms with Crippen LogP contribution in [0.3, 0.4) is 0 Å². The normalized spacial score (nSPS) is 14.3. The Balaban J connectivity index is 2.39. The van der Waals surface area contributed by atoms with Crippen molar-refractivity contribution in [2.75, 3.05) is 0 Å². The molecule has 3 aromatic rings. The van der Waals surface area contributed by atoms with Gasteiger partial charge in [-0.2, -0.15) is 26.3 Å². The van der Waals surface area contributed by atoms with Crippen molar-refractivity contribution < 1.29 is 46.4 Å². The maximum Gasteiger partial charge on any atom is 0.459 e. The number of ether oxygens (including phenoxy) is 1. The molecule has 0 heterocycles. The molecule has 0 fully saturated rings. The summed E-state index contributed by atoms with van der Waals surface area (Å²) in [5.74, 6) is -12.1. The highest BCUT2D eigenvalue weighted by atomic mass is 19.4. The van der Waals surface area contributed by atoms with E-state index in [-0.39, 0.29) is 23.3 Å². The van der Waals surface area contributed by atoms with Gasteiger partial charge in [0.05, 0.1) is 18.8 Å². The van der Waals surface area contributed by atoms with Crippen LogP contribution in [0.15, 0.2) is 54.6 Å². The van der Waals surface area contributed by atoms with Crippen molar-refractivity contribution in [1.82, 2.24) is 0 Å². The number of benzene rings is 3. The Morgan fingerprint density at radius 1 is 0.795 bits per heavy atom. The van der Waals surface area contributed by atoms with Crippen LogP contribution in [0.25, 0.3) is 11.1 Å². The van der Waals surface area contributed by atoms with Gasteiger partial charge in [0, 0.05) is 0 Å². The summed E-state index contributed by atoms with van der Waals surface area (Å²) >= 11 is 0. The molecule has 0 aliphatic carbocycles. The average Bonchev–Trinajstić information content (AvgIpc) is 2.88. The number of halogens is 6. The third-order valence-electron chi connectivity index (χ3n) is 6.81. The fourth-order valence-corrected chi connectivity index (χ4v) is 4.44. The largest absolute Gasteiger partial charge is 0.482 e. The molecule has 3 aromatic carbocycles. The molecule has 212 valence electrons. The van der Waals surface area contributed by atoms with Crippen LogP contribution in [0.2, 0.25) is 0 Å². The van der Waals surface area contributed by atoms with E-state index in [1.165, 1.54) is 69.3 Å². The van der Waals surface area contributed by atoms with Gasteiger partial charge in [0.25, 0.3) is 0 Å². The molecule has 3 rings (SSSR count). The fourth-order valence-electron chi connectivity index (χ4n) is 4.44.